The second-order valence-electron chi connectivity index (χ2n) is 3.79. The fourth-order valence-corrected chi connectivity index (χ4v) is 1.74. The lowest BCUT2D eigenvalue weighted by atomic mass is 9.97. The van der Waals surface area contributed by atoms with Gasteiger partial charge in [-0.1, -0.05) is 25.1 Å². The molecule has 1 atom stereocenters. The van der Waals surface area contributed by atoms with E-state index in [0.717, 1.165) is 17.7 Å². The molecule has 0 spiro atoms. The van der Waals surface area contributed by atoms with Gasteiger partial charge in [-0.15, -0.1) is 0 Å². The Hall–Kier alpha value is -1.51. The molecule has 1 aromatic carbocycles. The molecule has 0 aliphatic heterocycles. The third-order valence-corrected chi connectivity index (χ3v) is 2.80. The lowest BCUT2D eigenvalue weighted by molar-refractivity contribution is -0.142. The maximum absolute atomic E-state index is 10.9. The van der Waals surface area contributed by atoms with Crippen molar-refractivity contribution in [1.29, 1.82) is 0 Å². The number of carboxylic acids is 1. The summed E-state index contributed by atoms with van der Waals surface area (Å²) < 4.78 is 5.22. The van der Waals surface area contributed by atoms with Gasteiger partial charge in [-0.25, -0.2) is 0 Å². The molecule has 3 heteroatoms. The van der Waals surface area contributed by atoms with Gasteiger partial charge in [-0.2, -0.15) is 0 Å². The van der Waals surface area contributed by atoms with Crippen LogP contribution in [0.1, 0.15) is 25.3 Å². The molecule has 0 saturated carbocycles. The highest BCUT2D eigenvalue weighted by atomic mass is 16.5. The molecular formula is C13H18O3. The minimum Gasteiger partial charge on any atom is -0.496 e. The van der Waals surface area contributed by atoms with Crippen molar-refractivity contribution in [2.24, 2.45) is 5.92 Å². The molecule has 0 amide bonds. The van der Waals surface area contributed by atoms with Crippen LogP contribution in [-0.2, 0) is 11.2 Å². The van der Waals surface area contributed by atoms with Gasteiger partial charge in [0.25, 0.3) is 0 Å². The van der Waals surface area contributed by atoms with Gasteiger partial charge in [-0.05, 0) is 30.9 Å². The van der Waals surface area contributed by atoms with Gasteiger partial charge in [0, 0.05) is 0 Å². The van der Waals surface area contributed by atoms with E-state index in [1.165, 1.54) is 0 Å². The molecule has 0 radical (unpaired) electrons. The van der Waals surface area contributed by atoms with Gasteiger partial charge >= 0.3 is 5.97 Å². The van der Waals surface area contributed by atoms with Crippen LogP contribution in [0.25, 0.3) is 0 Å². The first kappa shape index (κ1) is 12.6. The van der Waals surface area contributed by atoms with E-state index in [4.69, 9.17) is 9.84 Å². The van der Waals surface area contributed by atoms with Gasteiger partial charge < -0.3 is 9.84 Å². The summed E-state index contributed by atoms with van der Waals surface area (Å²) >= 11 is 0. The molecule has 1 aromatic rings. The molecule has 0 fully saturated rings. The summed E-state index contributed by atoms with van der Waals surface area (Å²) in [5.74, 6) is -0.134. The van der Waals surface area contributed by atoms with E-state index in [1.54, 1.807) is 7.11 Å². The molecule has 0 aliphatic carbocycles. The largest absolute Gasteiger partial charge is 0.496 e. The van der Waals surface area contributed by atoms with Crippen LogP contribution in [0.3, 0.4) is 0 Å². The third kappa shape index (κ3) is 3.26. The summed E-state index contributed by atoms with van der Waals surface area (Å²) in [6, 6.07) is 7.74. The normalized spacial score (nSPS) is 12.1. The van der Waals surface area contributed by atoms with Crippen molar-refractivity contribution >= 4 is 5.97 Å². The van der Waals surface area contributed by atoms with E-state index in [0.29, 0.717) is 12.8 Å². The summed E-state index contributed by atoms with van der Waals surface area (Å²) in [5, 5.41) is 8.95. The van der Waals surface area contributed by atoms with Crippen LogP contribution in [0.5, 0.6) is 5.75 Å². The van der Waals surface area contributed by atoms with Gasteiger partial charge in [0.2, 0.25) is 0 Å². The highest BCUT2D eigenvalue weighted by Crippen LogP contribution is 2.21. The average molecular weight is 222 g/mol. The Morgan fingerprint density at radius 2 is 2.12 bits per heavy atom. The zero-order valence-corrected chi connectivity index (χ0v) is 9.77. The quantitative estimate of drug-likeness (QED) is 0.805. The van der Waals surface area contributed by atoms with Crippen LogP contribution < -0.4 is 4.74 Å². The Labute approximate surface area is 96.1 Å². The van der Waals surface area contributed by atoms with Crippen molar-refractivity contribution < 1.29 is 14.6 Å². The maximum atomic E-state index is 10.9. The van der Waals surface area contributed by atoms with Crippen molar-refractivity contribution in [1.82, 2.24) is 0 Å². The number of methoxy groups -OCH3 is 1. The smallest absolute Gasteiger partial charge is 0.306 e. The van der Waals surface area contributed by atoms with E-state index in [2.05, 4.69) is 0 Å². The molecule has 1 rings (SSSR count). The van der Waals surface area contributed by atoms with Crippen LogP contribution in [-0.4, -0.2) is 18.2 Å². The average Bonchev–Trinajstić information content (AvgIpc) is 2.30. The van der Waals surface area contributed by atoms with Crippen molar-refractivity contribution in [3.05, 3.63) is 29.8 Å². The second-order valence-corrected chi connectivity index (χ2v) is 3.79. The Morgan fingerprint density at radius 3 is 2.69 bits per heavy atom. The van der Waals surface area contributed by atoms with Crippen molar-refractivity contribution in [2.75, 3.05) is 7.11 Å². The predicted octanol–water partition coefficient (Wildman–Crippen LogP) is 2.74. The highest BCUT2D eigenvalue weighted by molar-refractivity contribution is 5.69. The van der Waals surface area contributed by atoms with Crippen LogP contribution in [0.15, 0.2) is 24.3 Å². The van der Waals surface area contributed by atoms with Crippen LogP contribution in [0.2, 0.25) is 0 Å². The molecule has 3 nitrogen and oxygen atoms in total. The summed E-state index contributed by atoms with van der Waals surface area (Å²) in [6.07, 6.45) is 2.07. The lowest BCUT2D eigenvalue weighted by Crippen LogP contribution is -2.13. The Morgan fingerprint density at radius 1 is 1.44 bits per heavy atom. The molecule has 1 unspecified atom stereocenters. The molecule has 0 aromatic heterocycles. The standard InChI is InChI=1S/C13H18O3/c1-3-10(13(14)15)8-9-11-6-4-5-7-12(11)16-2/h4-7,10H,3,8-9H2,1-2H3,(H,14,15). The second kappa shape index (κ2) is 6.16. The van der Waals surface area contributed by atoms with E-state index in [1.807, 2.05) is 31.2 Å². The predicted molar refractivity (Wildman–Crippen MR) is 62.7 cm³/mol. The Bertz CT molecular complexity index is 347. The molecule has 0 bridgehead atoms. The molecular weight excluding hydrogens is 204 g/mol. The lowest BCUT2D eigenvalue weighted by Gasteiger charge is -2.11. The Balaban J connectivity index is 2.63. The molecule has 88 valence electrons. The van der Waals surface area contributed by atoms with Crippen molar-refractivity contribution in [3.63, 3.8) is 0 Å². The van der Waals surface area contributed by atoms with Gasteiger partial charge in [0.15, 0.2) is 0 Å². The van der Waals surface area contributed by atoms with Crippen molar-refractivity contribution in [2.45, 2.75) is 26.2 Å². The number of para-hydroxylation sites is 1. The number of aliphatic carboxylic acids is 1. The number of benzene rings is 1. The minimum absolute atomic E-state index is 0.259. The monoisotopic (exact) mass is 222 g/mol. The number of aryl methyl sites for hydroxylation is 1. The maximum Gasteiger partial charge on any atom is 0.306 e. The number of ether oxygens (including phenoxy) is 1. The zero-order chi connectivity index (χ0) is 12.0. The molecule has 16 heavy (non-hydrogen) atoms. The van der Waals surface area contributed by atoms with Gasteiger partial charge in [0.1, 0.15) is 5.75 Å². The van der Waals surface area contributed by atoms with Crippen LogP contribution >= 0.6 is 0 Å². The summed E-state index contributed by atoms with van der Waals surface area (Å²) in [4.78, 5) is 10.9. The number of rotatable bonds is 6. The number of carbonyl (C=O) groups is 1. The van der Waals surface area contributed by atoms with E-state index >= 15 is 0 Å². The fourth-order valence-electron chi connectivity index (χ4n) is 1.74. The summed E-state index contributed by atoms with van der Waals surface area (Å²) in [5.41, 5.74) is 1.07. The van der Waals surface area contributed by atoms with E-state index in [9.17, 15) is 4.79 Å². The zero-order valence-electron chi connectivity index (χ0n) is 9.77. The van der Waals surface area contributed by atoms with Gasteiger partial charge in [0.05, 0.1) is 13.0 Å². The number of carboxylic acid groups (broad SMARTS) is 1. The molecule has 0 aliphatic rings. The first-order valence-electron chi connectivity index (χ1n) is 5.53. The minimum atomic E-state index is -0.711. The number of hydrogen-bond acceptors (Lipinski definition) is 2. The third-order valence-electron chi connectivity index (χ3n) is 2.80. The van der Waals surface area contributed by atoms with E-state index in [-0.39, 0.29) is 5.92 Å². The first-order valence-corrected chi connectivity index (χ1v) is 5.53. The molecule has 0 heterocycles. The Kier molecular flexibility index (Phi) is 4.83. The molecule has 1 N–H and O–H groups in total. The van der Waals surface area contributed by atoms with Crippen molar-refractivity contribution in [3.8, 4) is 5.75 Å². The van der Waals surface area contributed by atoms with Gasteiger partial charge in [-0.3, -0.25) is 4.79 Å². The van der Waals surface area contributed by atoms with Crippen LogP contribution in [0, 0.1) is 5.92 Å². The molecule has 0 saturated heterocycles. The van der Waals surface area contributed by atoms with Crippen LogP contribution in [0.4, 0.5) is 0 Å². The highest BCUT2D eigenvalue weighted by Gasteiger charge is 2.15. The fraction of sp³-hybridized carbons (Fsp3) is 0.462. The number of hydrogen-bond donors (Lipinski definition) is 1. The topological polar surface area (TPSA) is 46.5 Å². The summed E-state index contributed by atoms with van der Waals surface area (Å²) in [6.45, 7) is 1.90. The summed E-state index contributed by atoms with van der Waals surface area (Å²) in [7, 11) is 1.63. The first-order chi connectivity index (χ1) is 7.69. The SMILES string of the molecule is CCC(CCc1ccccc1OC)C(=O)O. The van der Waals surface area contributed by atoms with E-state index < -0.39 is 5.97 Å².